The quantitative estimate of drug-likeness (QED) is 0.814. The van der Waals surface area contributed by atoms with Crippen molar-refractivity contribution in [3.63, 3.8) is 0 Å². The van der Waals surface area contributed by atoms with Gasteiger partial charge in [-0.15, -0.1) is 0 Å². The average molecular weight is 239 g/mol. The van der Waals surface area contributed by atoms with Crippen LogP contribution >= 0.6 is 0 Å². The van der Waals surface area contributed by atoms with E-state index < -0.39 is 29.9 Å². The van der Waals surface area contributed by atoms with Crippen LogP contribution in [0.2, 0.25) is 0 Å². The summed E-state index contributed by atoms with van der Waals surface area (Å²) in [5, 5.41) is 17.2. The van der Waals surface area contributed by atoms with E-state index in [1.54, 1.807) is 6.07 Å². The fraction of sp³-hybridized carbons (Fsp3) is 0.182. The summed E-state index contributed by atoms with van der Waals surface area (Å²) in [7, 11) is 0. The highest BCUT2D eigenvalue weighted by Crippen LogP contribution is 2.28. The molecule has 17 heavy (non-hydrogen) atoms. The fourth-order valence-electron chi connectivity index (χ4n) is 1.47. The zero-order chi connectivity index (χ0) is 13.0. The zero-order valence-electron chi connectivity index (χ0n) is 8.48. The van der Waals surface area contributed by atoms with Crippen molar-refractivity contribution in [2.24, 2.45) is 0 Å². The van der Waals surface area contributed by atoms with Crippen molar-refractivity contribution in [1.82, 2.24) is 0 Å². The van der Waals surface area contributed by atoms with Crippen LogP contribution in [0, 0.1) is 11.3 Å². The van der Waals surface area contributed by atoms with Gasteiger partial charge in [0.05, 0.1) is 18.1 Å². The number of halogens is 2. The highest BCUT2D eigenvalue weighted by atomic mass is 19.3. The molecule has 1 aromatic carbocycles. The first-order valence-corrected chi connectivity index (χ1v) is 4.52. The summed E-state index contributed by atoms with van der Waals surface area (Å²) < 4.78 is 25.4. The monoisotopic (exact) mass is 239 g/mol. The van der Waals surface area contributed by atoms with Crippen molar-refractivity contribution >= 4 is 12.3 Å². The molecular formula is C11H7F2NO3. The van der Waals surface area contributed by atoms with Crippen molar-refractivity contribution < 1.29 is 23.5 Å². The standard InChI is InChI=1S/C11H7F2NO3/c12-11(13)10-7(4-14)2-1-6(3-9(16)17)8(10)5-15/h1-2,5,11H,3H2,(H,16,17). The third kappa shape index (κ3) is 2.64. The van der Waals surface area contributed by atoms with Crippen LogP contribution in [0.1, 0.15) is 33.5 Å². The van der Waals surface area contributed by atoms with Gasteiger partial charge in [0, 0.05) is 11.1 Å². The number of benzene rings is 1. The molecule has 0 amide bonds. The van der Waals surface area contributed by atoms with Crippen molar-refractivity contribution in [3.05, 3.63) is 34.4 Å². The second-order valence-corrected chi connectivity index (χ2v) is 3.20. The Morgan fingerprint density at radius 1 is 1.53 bits per heavy atom. The molecule has 4 nitrogen and oxygen atoms in total. The first-order chi connectivity index (χ1) is 8.01. The summed E-state index contributed by atoms with van der Waals surface area (Å²) in [6.07, 6.45) is -3.39. The van der Waals surface area contributed by atoms with Crippen LogP contribution < -0.4 is 0 Å². The lowest BCUT2D eigenvalue weighted by Crippen LogP contribution is -2.07. The van der Waals surface area contributed by atoms with E-state index in [9.17, 15) is 18.4 Å². The van der Waals surface area contributed by atoms with Gasteiger partial charge in [0.15, 0.2) is 6.29 Å². The number of rotatable bonds is 4. The molecule has 0 spiro atoms. The number of carboxylic acid groups (broad SMARTS) is 1. The van der Waals surface area contributed by atoms with E-state index in [4.69, 9.17) is 10.4 Å². The van der Waals surface area contributed by atoms with Gasteiger partial charge in [0.2, 0.25) is 0 Å². The molecule has 0 aromatic heterocycles. The number of hydrogen-bond donors (Lipinski definition) is 1. The van der Waals surface area contributed by atoms with E-state index in [1.807, 2.05) is 0 Å². The minimum atomic E-state index is -3.00. The largest absolute Gasteiger partial charge is 0.481 e. The Morgan fingerprint density at radius 3 is 2.59 bits per heavy atom. The second kappa shape index (κ2) is 5.16. The van der Waals surface area contributed by atoms with Gasteiger partial charge < -0.3 is 5.11 Å². The van der Waals surface area contributed by atoms with Crippen LogP contribution in [0.15, 0.2) is 12.1 Å². The Hall–Kier alpha value is -2.29. The number of aliphatic carboxylic acids is 1. The molecular weight excluding hydrogens is 232 g/mol. The van der Waals surface area contributed by atoms with Crippen LogP contribution in [-0.4, -0.2) is 17.4 Å². The lowest BCUT2D eigenvalue weighted by molar-refractivity contribution is -0.136. The fourth-order valence-corrected chi connectivity index (χ4v) is 1.47. The Balaban J connectivity index is 3.47. The van der Waals surface area contributed by atoms with Gasteiger partial charge in [0.1, 0.15) is 0 Å². The molecule has 0 fully saturated rings. The minimum Gasteiger partial charge on any atom is -0.481 e. The molecule has 6 heteroatoms. The van der Waals surface area contributed by atoms with Crippen LogP contribution in [-0.2, 0) is 11.2 Å². The van der Waals surface area contributed by atoms with Crippen LogP contribution in [0.25, 0.3) is 0 Å². The molecule has 1 rings (SSSR count). The van der Waals surface area contributed by atoms with Crippen molar-refractivity contribution in [1.29, 1.82) is 5.26 Å². The normalized spacial score (nSPS) is 10.0. The van der Waals surface area contributed by atoms with Crippen LogP contribution in [0.5, 0.6) is 0 Å². The van der Waals surface area contributed by atoms with Gasteiger partial charge in [0.25, 0.3) is 6.43 Å². The van der Waals surface area contributed by atoms with Crippen LogP contribution in [0.4, 0.5) is 8.78 Å². The van der Waals surface area contributed by atoms with Crippen molar-refractivity contribution in [2.45, 2.75) is 12.8 Å². The maximum absolute atomic E-state index is 12.7. The first-order valence-electron chi connectivity index (χ1n) is 4.52. The molecule has 88 valence electrons. The highest BCUT2D eigenvalue weighted by Gasteiger charge is 2.21. The predicted octanol–water partition coefficient (Wildman–Crippen LogP) is 1.94. The molecule has 1 aromatic rings. The summed E-state index contributed by atoms with van der Waals surface area (Å²) in [5.41, 5.74) is -1.47. The topological polar surface area (TPSA) is 78.2 Å². The number of nitriles is 1. The van der Waals surface area contributed by atoms with E-state index >= 15 is 0 Å². The number of alkyl halides is 2. The Labute approximate surface area is 95.1 Å². The number of carboxylic acids is 1. The minimum absolute atomic E-state index is 0.0261. The van der Waals surface area contributed by atoms with Gasteiger partial charge in [-0.2, -0.15) is 5.26 Å². The van der Waals surface area contributed by atoms with Gasteiger partial charge in [-0.1, -0.05) is 6.07 Å². The summed E-state index contributed by atoms with van der Waals surface area (Å²) in [6.45, 7) is 0. The number of nitrogens with zero attached hydrogens (tertiary/aromatic N) is 1. The second-order valence-electron chi connectivity index (χ2n) is 3.20. The van der Waals surface area contributed by atoms with Gasteiger partial charge in [-0.3, -0.25) is 9.59 Å². The molecule has 1 N–H and O–H groups in total. The SMILES string of the molecule is N#Cc1ccc(CC(=O)O)c(C=O)c1C(F)F. The van der Waals surface area contributed by atoms with E-state index in [2.05, 4.69) is 0 Å². The third-order valence-electron chi connectivity index (χ3n) is 2.18. The number of carbonyl (C=O) groups excluding carboxylic acids is 1. The number of aldehydes is 1. The number of carbonyl (C=O) groups is 2. The van der Waals surface area contributed by atoms with Gasteiger partial charge >= 0.3 is 5.97 Å². The Bertz CT molecular complexity index is 506. The van der Waals surface area contributed by atoms with E-state index in [0.29, 0.717) is 0 Å². The third-order valence-corrected chi connectivity index (χ3v) is 2.18. The molecule has 0 heterocycles. The lowest BCUT2D eigenvalue weighted by Gasteiger charge is -2.10. The first kappa shape index (κ1) is 12.8. The van der Waals surface area contributed by atoms with Crippen molar-refractivity contribution in [3.8, 4) is 6.07 Å². The molecule has 0 aliphatic carbocycles. The average Bonchev–Trinajstić information content (AvgIpc) is 2.27. The van der Waals surface area contributed by atoms with Gasteiger partial charge in [-0.05, 0) is 11.6 Å². The van der Waals surface area contributed by atoms with E-state index in [1.165, 1.54) is 6.07 Å². The summed E-state index contributed by atoms with van der Waals surface area (Å²) >= 11 is 0. The number of hydrogen-bond acceptors (Lipinski definition) is 3. The maximum atomic E-state index is 12.7. The Kier molecular flexibility index (Phi) is 3.88. The molecule has 0 aliphatic rings. The summed E-state index contributed by atoms with van der Waals surface area (Å²) in [4.78, 5) is 21.3. The predicted molar refractivity (Wildman–Crippen MR) is 52.8 cm³/mol. The van der Waals surface area contributed by atoms with Crippen LogP contribution in [0.3, 0.4) is 0 Å². The molecule has 0 bridgehead atoms. The molecule has 0 atom stereocenters. The highest BCUT2D eigenvalue weighted by molar-refractivity contribution is 5.84. The summed E-state index contributed by atoms with van der Waals surface area (Å²) in [5.74, 6) is -1.24. The van der Waals surface area contributed by atoms with Crippen molar-refractivity contribution in [2.75, 3.05) is 0 Å². The van der Waals surface area contributed by atoms with E-state index in [0.717, 1.165) is 6.07 Å². The van der Waals surface area contributed by atoms with Gasteiger partial charge in [-0.25, -0.2) is 8.78 Å². The molecule has 0 saturated carbocycles. The Morgan fingerprint density at radius 2 is 2.18 bits per heavy atom. The molecule has 0 saturated heterocycles. The molecule has 0 unspecified atom stereocenters. The lowest BCUT2D eigenvalue weighted by atomic mass is 9.95. The smallest absolute Gasteiger partial charge is 0.307 e. The zero-order valence-corrected chi connectivity index (χ0v) is 8.48. The molecule has 0 radical (unpaired) electrons. The molecule has 0 aliphatic heterocycles. The summed E-state index contributed by atoms with van der Waals surface area (Å²) in [6, 6.07) is 3.83. The maximum Gasteiger partial charge on any atom is 0.307 e. The van der Waals surface area contributed by atoms with E-state index in [-0.39, 0.29) is 17.4 Å².